The Morgan fingerprint density at radius 2 is 1.95 bits per heavy atom. The van der Waals surface area contributed by atoms with Gasteiger partial charge in [0.25, 0.3) is 5.91 Å². The minimum Gasteiger partial charge on any atom is -0.467 e. The number of rotatable bonds is 4. The molecule has 5 nitrogen and oxygen atoms in total. The van der Waals surface area contributed by atoms with E-state index in [0.717, 1.165) is 16.9 Å². The van der Waals surface area contributed by atoms with Crippen molar-refractivity contribution < 1.29 is 9.53 Å². The normalized spacial score (nSPS) is 10.2. The van der Waals surface area contributed by atoms with E-state index in [2.05, 4.69) is 15.3 Å². The third kappa shape index (κ3) is 3.78. The third-order valence-corrected chi connectivity index (χ3v) is 2.92. The van der Waals surface area contributed by atoms with Crippen LogP contribution >= 0.6 is 0 Å². The molecular formula is C15H17N3O2. The van der Waals surface area contributed by atoms with Crippen LogP contribution in [0.5, 0.6) is 5.88 Å². The van der Waals surface area contributed by atoms with Gasteiger partial charge in [-0.3, -0.25) is 4.79 Å². The number of hydrogen-bond donors (Lipinski definition) is 1. The predicted molar refractivity (Wildman–Crippen MR) is 76.8 cm³/mol. The van der Waals surface area contributed by atoms with Crippen LogP contribution in [-0.4, -0.2) is 22.5 Å². The van der Waals surface area contributed by atoms with Crippen LogP contribution < -0.4 is 10.1 Å². The molecule has 0 bridgehead atoms. The molecule has 0 unspecified atom stereocenters. The largest absolute Gasteiger partial charge is 0.467 e. The number of hydrogen-bond acceptors (Lipinski definition) is 4. The summed E-state index contributed by atoms with van der Waals surface area (Å²) in [6.07, 6.45) is 1.41. The number of aryl methyl sites for hydroxylation is 3. The summed E-state index contributed by atoms with van der Waals surface area (Å²) in [6.45, 7) is 5.79. The van der Waals surface area contributed by atoms with Crippen LogP contribution in [0.4, 0.5) is 5.69 Å². The Bertz CT molecular complexity index is 626. The average Bonchev–Trinajstić information content (AvgIpc) is 2.41. The van der Waals surface area contributed by atoms with Crippen molar-refractivity contribution in [1.82, 2.24) is 9.97 Å². The van der Waals surface area contributed by atoms with Crippen LogP contribution in [0.15, 0.2) is 30.6 Å². The second-order valence-electron chi connectivity index (χ2n) is 4.63. The molecule has 0 aliphatic heterocycles. The second kappa shape index (κ2) is 6.14. The molecule has 104 valence electrons. The molecule has 2 rings (SSSR count). The van der Waals surface area contributed by atoms with Crippen molar-refractivity contribution in [3.8, 4) is 5.88 Å². The lowest BCUT2D eigenvalue weighted by atomic mass is 10.1. The highest BCUT2D eigenvalue weighted by Crippen LogP contribution is 2.14. The first kappa shape index (κ1) is 14.0. The Kier molecular flexibility index (Phi) is 4.30. The minimum absolute atomic E-state index is 0.0800. The van der Waals surface area contributed by atoms with Gasteiger partial charge >= 0.3 is 0 Å². The van der Waals surface area contributed by atoms with Gasteiger partial charge in [0.15, 0.2) is 6.61 Å². The van der Waals surface area contributed by atoms with Gasteiger partial charge in [-0.25, -0.2) is 9.97 Å². The molecule has 1 heterocycles. The number of anilines is 1. The van der Waals surface area contributed by atoms with E-state index in [0.29, 0.717) is 5.88 Å². The molecule has 0 aliphatic carbocycles. The van der Waals surface area contributed by atoms with E-state index in [1.165, 1.54) is 11.9 Å². The fourth-order valence-electron chi connectivity index (χ4n) is 1.66. The fourth-order valence-corrected chi connectivity index (χ4v) is 1.66. The van der Waals surface area contributed by atoms with Crippen molar-refractivity contribution in [1.29, 1.82) is 0 Å². The van der Waals surface area contributed by atoms with E-state index in [9.17, 15) is 4.79 Å². The van der Waals surface area contributed by atoms with Crippen molar-refractivity contribution in [2.45, 2.75) is 20.8 Å². The molecule has 1 aromatic heterocycles. The van der Waals surface area contributed by atoms with E-state index in [1.807, 2.05) is 39.0 Å². The van der Waals surface area contributed by atoms with E-state index < -0.39 is 0 Å². The number of ether oxygens (including phenoxy) is 1. The zero-order valence-electron chi connectivity index (χ0n) is 11.8. The lowest BCUT2D eigenvalue weighted by molar-refractivity contribution is -0.118. The third-order valence-electron chi connectivity index (χ3n) is 2.92. The van der Waals surface area contributed by atoms with Crippen LogP contribution in [0.3, 0.4) is 0 Å². The summed E-state index contributed by atoms with van der Waals surface area (Å²) in [5, 5.41) is 2.79. The highest BCUT2D eigenvalue weighted by molar-refractivity contribution is 5.91. The summed E-state index contributed by atoms with van der Waals surface area (Å²) in [4.78, 5) is 19.7. The number of carbonyl (C=O) groups excluding carboxylic acids is 1. The van der Waals surface area contributed by atoms with E-state index >= 15 is 0 Å². The summed E-state index contributed by atoms with van der Waals surface area (Å²) in [5.74, 6) is 0.178. The van der Waals surface area contributed by atoms with Gasteiger partial charge in [-0.1, -0.05) is 6.07 Å². The molecule has 0 saturated heterocycles. The molecule has 1 amide bonds. The maximum atomic E-state index is 11.8. The lowest BCUT2D eigenvalue weighted by Crippen LogP contribution is -2.20. The van der Waals surface area contributed by atoms with E-state index in [1.54, 1.807) is 6.07 Å². The zero-order chi connectivity index (χ0) is 14.5. The molecule has 0 saturated carbocycles. The highest BCUT2D eigenvalue weighted by Gasteiger charge is 2.05. The van der Waals surface area contributed by atoms with Gasteiger partial charge in [0, 0.05) is 17.4 Å². The first-order valence-corrected chi connectivity index (χ1v) is 6.33. The van der Waals surface area contributed by atoms with Crippen LogP contribution in [0.25, 0.3) is 0 Å². The second-order valence-corrected chi connectivity index (χ2v) is 4.63. The SMILES string of the molecule is Cc1cc(OCC(=O)Nc2ccc(C)c(C)c2)ncn1. The van der Waals surface area contributed by atoms with Crippen molar-refractivity contribution >= 4 is 11.6 Å². The average molecular weight is 271 g/mol. The summed E-state index contributed by atoms with van der Waals surface area (Å²) >= 11 is 0. The van der Waals surface area contributed by atoms with Gasteiger partial charge < -0.3 is 10.1 Å². The number of aromatic nitrogens is 2. The summed E-state index contributed by atoms with van der Waals surface area (Å²) in [6, 6.07) is 7.46. The van der Waals surface area contributed by atoms with Crippen molar-refractivity contribution in [2.75, 3.05) is 11.9 Å². The summed E-state index contributed by atoms with van der Waals surface area (Å²) in [5.41, 5.74) is 3.89. The molecule has 1 aromatic carbocycles. The highest BCUT2D eigenvalue weighted by atomic mass is 16.5. The molecule has 0 fully saturated rings. The van der Waals surface area contributed by atoms with Crippen molar-refractivity contribution in [3.05, 3.63) is 47.4 Å². The maximum absolute atomic E-state index is 11.8. The van der Waals surface area contributed by atoms with Crippen LogP contribution in [0.2, 0.25) is 0 Å². The van der Waals surface area contributed by atoms with E-state index in [4.69, 9.17) is 4.74 Å². The monoisotopic (exact) mass is 271 g/mol. The standard InChI is InChI=1S/C15H17N3O2/c1-10-4-5-13(6-11(10)2)18-14(19)8-20-15-7-12(3)16-9-17-15/h4-7,9H,8H2,1-3H3,(H,18,19). The molecule has 0 spiro atoms. The Morgan fingerprint density at radius 3 is 2.65 bits per heavy atom. The van der Waals surface area contributed by atoms with Crippen molar-refractivity contribution in [2.24, 2.45) is 0 Å². The van der Waals surface area contributed by atoms with Gasteiger partial charge in [0.2, 0.25) is 5.88 Å². The van der Waals surface area contributed by atoms with Gasteiger partial charge in [0.05, 0.1) is 0 Å². The van der Waals surface area contributed by atoms with Gasteiger partial charge in [0.1, 0.15) is 6.33 Å². The Hall–Kier alpha value is -2.43. The quantitative estimate of drug-likeness (QED) is 0.927. The molecule has 0 radical (unpaired) electrons. The number of carbonyl (C=O) groups is 1. The zero-order valence-corrected chi connectivity index (χ0v) is 11.8. The topological polar surface area (TPSA) is 64.1 Å². The maximum Gasteiger partial charge on any atom is 0.262 e. The van der Waals surface area contributed by atoms with Gasteiger partial charge in [-0.2, -0.15) is 0 Å². The van der Waals surface area contributed by atoms with Crippen LogP contribution in [0.1, 0.15) is 16.8 Å². The first-order chi connectivity index (χ1) is 9.54. The number of amides is 1. The molecule has 1 N–H and O–H groups in total. The Morgan fingerprint density at radius 1 is 1.15 bits per heavy atom. The molecule has 0 atom stereocenters. The molecular weight excluding hydrogens is 254 g/mol. The lowest BCUT2D eigenvalue weighted by Gasteiger charge is -2.08. The van der Waals surface area contributed by atoms with Crippen LogP contribution in [0, 0.1) is 20.8 Å². The fraction of sp³-hybridized carbons (Fsp3) is 0.267. The predicted octanol–water partition coefficient (Wildman–Crippen LogP) is 2.42. The van der Waals surface area contributed by atoms with Crippen molar-refractivity contribution in [3.63, 3.8) is 0 Å². The summed E-state index contributed by atoms with van der Waals surface area (Å²) in [7, 11) is 0. The van der Waals surface area contributed by atoms with Crippen LogP contribution in [-0.2, 0) is 4.79 Å². The van der Waals surface area contributed by atoms with E-state index in [-0.39, 0.29) is 12.5 Å². The molecule has 2 aromatic rings. The van der Waals surface area contributed by atoms with Gasteiger partial charge in [-0.05, 0) is 44.0 Å². The Balaban J connectivity index is 1.91. The molecule has 5 heteroatoms. The molecule has 0 aliphatic rings. The Labute approximate surface area is 118 Å². The number of nitrogens with zero attached hydrogens (tertiary/aromatic N) is 2. The summed E-state index contributed by atoms with van der Waals surface area (Å²) < 4.78 is 5.31. The first-order valence-electron chi connectivity index (χ1n) is 6.33. The smallest absolute Gasteiger partial charge is 0.262 e. The molecule has 20 heavy (non-hydrogen) atoms. The van der Waals surface area contributed by atoms with Gasteiger partial charge in [-0.15, -0.1) is 0 Å². The minimum atomic E-state index is -0.218. The number of benzene rings is 1. The number of nitrogens with one attached hydrogen (secondary N) is 1.